The summed E-state index contributed by atoms with van der Waals surface area (Å²) in [7, 11) is 0. The van der Waals surface area contributed by atoms with Gasteiger partial charge in [0.1, 0.15) is 5.41 Å². The lowest BCUT2D eigenvalue weighted by atomic mass is 9.68. The molecule has 1 aromatic rings. The van der Waals surface area contributed by atoms with E-state index in [-0.39, 0.29) is 13.2 Å². The lowest BCUT2D eigenvalue weighted by molar-refractivity contribution is -0.170. The molecule has 1 atom stereocenters. The first-order chi connectivity index (χ1) is 7.68. The Hall–Kier alpha value is -1.81. The minimum Gasteiger partial charge on any atom is -0.378 e. The van der Waals surface area contributed by atoms with Crippen LogP contribution in [0.4, 0.5) is 0 Å². The Kier molecular flexibility index (Phi) is 2.44. The molecule has 1 fully saturated rings. The average Bonchev–Trinajstić information content (AvgIpc) is 2.29. The van der Waals surface area contributed by atoms with E-state index in [4.69, 9.17) is 11.2 Å². The van der Waals surface area contributed by atoms with E-state index >= 15 is 0 Å². The smallest absolute Gasteiger partial charge is 0.173 e. The van der Waals surface area contributed by atoms with Gasteiger partial charge in [-0.05, 0) is 5.56 Å². The van der Waals surface area contributed by atoms with Crippen molar-refractivity contribution >= 4 is 0 Å². The number of hydrogen-bond acceptors (Lipinski definition) is 3. The van der Waals surface area contributed by atoms with Gasteiger partial charge in [0.05, 0.1) is 19.3 Å². The van der Waals surface area contributed by atoms with E-state index in [0.29, 0.717) is 5.56 Å². The van der Waals surface area contributed by atoms with Crippen molar-refractivity contribution in [3.05, 3.63) is 35.9 Å². The van der Waals surface area contributed by atoms with Gasteiger partial charge in [0.2, 0.25) is 0 Å². The molecule has 0 bridgehead atoms. The van der Waals surface area contributed by atoms with Crippen LogP contribution in [0.2, 0.25) is 0 Å². The standard InChI is InChI=1S/C13H11NO2/c1-2-13(15,11-6-4-3-5-7-11)12(8-14)9-16-10-12/h1,3-7,15H,9-10H2/t13-/m0/s1. The van der Waals surface area contributed by atoms with Crippen molar-refractivity contribution in [1.29, 1.82) is 5.26 Å². The molecule has 1 aliphatic rings. The molecular formula is C13H11NO2. The van der Waals surface area contributed by atoms with Crippen LogP contribution < -0.4 is 0 Å². The molecule has 0 aromatic heterocycles. The summed E-state index contributed by atoms with van der Waals surface area (Å²) in [5.41, 5.74) is -2.05. The number of hydrogen-bond donors (Lipinski definition) is 1. The third kappa shape index (κ3) is 1.23. The molecule has 3 heteroatoms. The number of nitriles is 1. The molecule has 1 N–H and O–H groups in total. The summed E-state index contributed by atoms with van der Waals surface area (Å²) in [6.45, 7) is 0.332. The fraction of sp³-hybridized carbons (Fsp3) is 0.308. The first-order valence-electron chi connectivity index (χ1n) is 4.93. The maximum atomic E-state index is 10.5. The molecule has 1 aliphatic heterocycles. The molecule has 1 aromatic carbocycles. The van der Waals surface area contributed by atoms with Gasteiger partial charge in [-0.2, -0.15) is 5.26 Å². The van der Waals surface area contributed by atoms with Crippen LogP contribution in [-0.2, 0) is 10.3 Å². The van der Waals surface area contributed by atoms with Crippen LogP contribution >= 0.6 is 0 Å². The summed E-state index contributed by atoms with van der Waals surface area (Å²) in [5.74, 6) is 2.34. The number of ether oxygens (including phenoxy) is 1. The molecule has 0 saturated carbocycles. The van der Waals surface area contributed by atoms with Crippen LogP contribution in [0, 0.1) is 29.1 Å². The zero-order valence-corrected chi connectivity index (χ0v) is 8.68. The number of benzene rings is 1. The molecule has 0 spiro atoms. The van der Waals surface area contributed by atoms with Gasteiger partial charge < -0.3 is 9.84 Å². The predicted octanol–water partition coefficient (Wildman–Crippen LogP) is 1.05. The molecule has 2 rings (SSSR count). The van der Waals surface area contributed by atoms with E-state index < -0.39 is 11.0 Å². The second-order valence-corrected chi connectivity index (χ2v) is 3.91. The predicted molar refractivity (Wildman–Crippen MR) is 58.0 cm³/mol. The van der Waals surface area contributed by atoms with Crippen LogP contribution in [0.15, 0.2) is 30.3 Å². The van der Waals surface area contributed by atoms with Gasteiger partial charge in [0, 0.05) is 0 Å². The third-order valence-electron chi connectivity index (χ3n) is 3.00. The van der Waals surface area contributed by atoms with Crippen molar-refractivity contribution < 1.29 is 9.84 Å². The number of terminal acetylenes is 1. The lowest BCUT2D eigenvalue weighted by Crippen LogP contribution is -2.56. The molecule has 3 nitrogen and oxygen atoms in total. The van der Waals surface area contributed by atoms with Crippen molar-refractivity contribution in [3.63, 3.8) is 0 Å². The van der Waals surface area contributed by atoms with E-state index in [9.17, 15) is 10.4 Å². The summed E-state index contributed by atoms with van der Waals surface area (Å²) in [6, 6.07) is 10.9. The molecule has 1 saturated heterocycles. The van der Waals surface area contributed by atoms with Crippen molar-refractivity contribution in [3.8, 4) is 18.4 Å². The summed E-state index contributed by atoms with van der Waals surface area (Å²) in [5, 5.41) is 19.7. The van der Waals surface area contributed by atoms with Gasteiger partial charge in [-0.15, -0.1) is 6.42 Å². The number of rotatable bonds is 2. The Labute approximate surface area is 94.3 Å². The largest absolute Gasteiger partial charge is 0.378 e. The molecule has 0 aliphatic carbocycles. The highest BCUT2D eigenvalue weighted by molar-refractivity contribution is 5.38. The fourth-order valence-corrected chi connectivity index (χ4v) is 1.84. The fourth-order valence-electron chi connectivity index (χ4n) is 1.84. The van der Waals surface area contributed by atoms with Gasteiger partial charge in [0.15, 0.2) is 5.60 Å². The van der Waals surface area contributed by atoms with E-state index in [1.165, 1.54) is 0 Å². The monoisotopic (exact) mass is 213 g/mol. The van der Waals surface area contributed by atoms with E-state index in [1.54, 1.807) is 24.3 Å². The van der Waals surface area contributed by atoms with Crippen LogP contribution in [0.5, 0.6) is 0 Å². The maximum absolute atomic E-state index is 10.5. The van der Waals surface area contributed by atoms with E-state index in [1.807, 2.05) is 6.07 Å². The van der Waals surface area contributed by atoms with Crippen molar-refractivity contribution in [2.45, 2.75) is 5.60 Å². The second-order valence-electron chi connectivity index (χ2n) is 3.91. The van der Waals surface area contributed by atoms with Crippen molar-refractivity contribution in [1.82, 2.24) is 0 Å². The normalized spacial score (nSPS) is 20.9. The van der Waals surface area contributed by atoms with Gasteiger partial charge in [-0.3, -0.25) is 0 Å². The summed E-state index contributed by atoms with van der Waals surface area (Å²) >= 11 is 0. The van der Waals surface area contributed by atoms with E-state index in [2.05, 4.69) is 12.0 Å². The molecule has 1 heterocycles. The first kappa shape index (κ1) is 10.7. The molecule has 0 radical (unpaired) electrons. The van der Waals surface area contributed by atoms with Crippen LogP contribution in [0.3, 0.4) is 0 Å². The molecule has 0 amide bonds. The Balaban J connectivity index is 2.50. The summed E-state index contributed by atoms with van der Waals surface area (Å²) in [6.07, 6.45) is 5.40. The van der Waals surface area contributed by atoms with Crippen LogP contribution in [-0.4, -0.2) is 18.3 Å². The minimum atomic E-state index is -1.58. The Morgan fingerprint density at radius 2 is 2.00 bits per heavy atom. The quantitative estimate of drug-likeness (QED) is 0.747. The SMILES string of the molecule is C#C[C@](O)(c1ccccc1)C1(C#N)COC1. The zero-order chi connectivity index (χ0) is 11.6. The van der Waals surface area contributed by atoms with Crippen LogP contribution in [0.1, 0.15) is 5.56 Å². The Morgan fingerprint density at radius 1 is 1.38 bits per heavy atom. The molecule has 0 unspecified atom stereocenters. The van der Waals surface area contributed by atoms with Crippen molar-refractivity contribution in [2.75, 3.05) is 13.2 Å². The molecule has 16 heavy (non-hydrogen) atoms. The zero-order valence-electron chi connectivity index (χ0n) is 8.68. The highest BCUT2D eigenvalue weighted by Gasteiger charge is 2.56. The maximum Gasteiger partial charge on any atom is 0.173 e. The van der Waals surface area contributed by atoms with Gasteiger partial charge in [0.25, 0.3) is 0 Å². The highest BCUT2D eigenvalue weighted by Crippen LogP contribution is 2.44. The number of aliphatic hydroxyl groups is 1. The summed E-state index contributed by atoms with van der Waals surface area (Å²) in [4.78, 5) is 0. The first-order valence-corrected chi connectivity index (χ1v) is 4.93. The van der Waals surface area contributed by atoms with Gasteiger partial charge in [-0.1, -0.05) is 36.3 Å². The molecule has 80 valence electrons. The second kappa shape index (κ2) is 3.64. The highest BCUT2D eigenvalue weighted by atomic mass is 16.5. The summed E-state index contributed by atoms with van der Waals surface area (Å²) < 4.78 is 5.02. The van der Waals surface area contributed by atoms with Crippen molar-refractivity contribution in [2.24, 2.45) is 5.41 Å². The van der Waals surface area contributed by atoms with Gasteiger partial charge >= 0.3 is 0 Å². The number of nitrogens with zero attached hydrogens (tertiary/aromatic N) is 1. The van der Waals surface area contributed by atoms with E-state index in [0.717, 1.165) is 0 Å². The average molecular weight is 213 g/mol. The lowest BCUT2D eigenvalue weighted by Gasteiger charge is -2.44. The third-order valence-corrected chi connectivity index (χ3v) is 3.00. The van der Waals surface area contributed by atoms with Crippen LogP contribution in [0.25, 0.3) is 0 Å². The Bertz CT molecular complexity index is 465. The van der Waals surface area contributed by atoms with Gasteiger partial charge in [-0.25, -0.2) is 0 Å². The topological polar surface area (TPSA) is 53.2 Å². The minimum absolute atomic E-state index is 0.166. The molecular weight excluding hydrogens is 202 g/mol. The Morgan fingerprint density at radius 3 is 2.38 bits per heavy atom.